The SMILES string of the molecule is O=C(CCc1cccc(Br)c1)NCc1cccc(NC(=O)C(F)(F)F)c1. The number of hydrogen-bond acceptors (Lipinski definition) is 2. The van der Waals surface area contributed by atoms with Gasteiger partial charge in [0.2, 0.25) is 5.91 Å². The average molecular weight is 429 g/mol. The number of carbonyl (C=O) groups excluding carboxylic acids is 2. The summed E-state index contributed by atoms with van der Waals surface area (Å²) in [6, 6.07) is 13.5. The van der Waals surface area contributed by atoms with Crippen LogP contribution in [0.2, 0.25) is 0 Å². The summed E-state index contributed by atoms with van der Waals surface area (Å²) in [7, 11) is 0. The zero-order valence-corrected chi connectivity index (χ0v) is 15.2. The first-order valence-electron chi connectivity index (χ1n) is 7.72. The summed E-state index contributed by atoms with van der Waals surface area (Å²) in [5.74, 6) is -2.21. The Hall–Kier alpha value is -2.35. The highest BCUT2D eigenvalue weighted by molar-refractivity contribution is 9.10. The van der Waals surface area contributed by atoms with Crippen molar-refractivity contribution in [3.63, 3.8) is 0 Å². The molecule has 0 saturated heterocycles. The summed E-state index contributed by atoms with van der Waals surface area (Å²) in [6.07, 6.45) is -4.08. The van der Waals surface area contributed by atoms with Crippen molar-refractivity contribution in [2.24, 2.45) is 0 Å². The third kappa shape index (κ3) is 6.51. The molecule has 0 aliphatic rings. The van der Waals surface area contributed by atoms with Gasteiger partial charge in [-0.25, -0.2) is 0 Å². The largest absolute Gasteiger partial charge is 0.471 e. The molecule has 2 aromatic carbocycles. The van der Waals surface area contributed by atoms with E-state index in [1.54, 1.807) is 11.4 Å². The zero-order valence-electron chi connectivity index (χ0n) is 13.6. The van der Waals surface area contributed by atoms with E-state index >= 15 is 0 Å². The fourth-order valence-corrected chi connectivity index (χ4v) is 2.65. The van der Waals surface area contributed by atoms with Gasteiger partial charge in [0.1, 0.15) is 0 Å². The zero-order chi connectivity index (χ0) is 19.2. The first-order chi connectivity index (χ1) is 12.2. The van der Waals surface area contributed by atoms with Gasteiger partial charge in [0.05, 0.1) is 0 Å². The Labute approximate surface area is 156 Å². The Bertz CT molecular complexity index is 794. The first kappa shape index (κ1) is 20.0. The number of hydrogen-bond donors (Lipinski definition) is 2. The Balaban J connectivity index is 1.84. The number of amides is 2. The van der Waals surface area contributed by atoms with Crippen molar-refractivity contribution < 1.29 is 22.8 Å². The predicted octanol–water partition coefficient (Wildman–Crippen LogP) is 4.20. The number of rotatable bonds is 6. The van der Waals surface area contributed by atoms with Crippen molar-refractivity contribution in [2.45, 2.75) is 25.6 Å². The third-order valence-corrected chi connectivity index (χ3v) is 3.96. The Morgan fingerprint density at radius 2 is 1.69 bits per heavy atom. The minimum atomic E-state index is -4.95. The highest BCUT2D eigenvalue weighted by Crippen LogP contribution is 2.19. The summed E-state index contributed by atoms with van der Waals surface area (Å²) in [5, 5.41) is 4.49. The van der Waals surface area contributed by atoms with Crippen LogP contribution in [0.25, 0.3) is 0 Å². The van der Waals surface area contributed by atoms with Gasteiger partial charge >= 0.3 is 12.1 Å². The molecule has 8 heteroatoms. The van der Waals surface area contributed by atoms with Crippen LogP contribution in [0, 0.1) is 0 Å². The lowest BCUT2D eigenvalue weighted by molar-refractivity contribution is -0.167. The van der Waals surface area contributed by atoms with Gasteiger partial charge < -0.3 is 10.6 Å². The molecule has 0 aliphatic carbocycles. The van der Waals surface area contributed by atoms with Crippen molar-refractivity contribution in [3.8, 4) is 0 Å². The van der Waals surface area contributed by atoms with Crippen molar-refractivity contribution in [2.75, 3.05) is 5.32 Å². The fraction of sp³-hybridized carbons (Fsp3) is 0.222. The fourth-order valence-electron chi connectivity index (χ4n) is 2.20. The molecule has 4 nitrogen and oxygen atoms in total. The molecule has 2 amide bonds. The lowest BCUT2D eigenvalue weighted by Crippen LogP contribution is -2.30. The number of nitrogens with one attached hydrogen (secondary N) is 2. The molecular weight excluding hydrogens is 413 g/mol. The Kier molecular flexibility index (Phi) is 6.79. The minimum Gasteiger partial charge on any atom is -0.352 e. The highest BCUT2D eigenvalue weighted by atomic mass is 79.9. The van der Waals surface area contributed by atoms with Gasteiger partial charge in [0.15, 0.2) is 0 Å². The molecule has 0 heterocycles. The minimum absolute atomic E-state index is 0.0215. The van der Waals surface area contributed by atoms with Crippen LogP contribution < -0.4 is 10.6 Å². The van der Waals surface area contributed by atoms with E-state index in [1.165, 1.54) is 18.2 Å². The molecule has 0 saturated carbocycles. The molecule has 0 atom stereocenters. The third-order valence-electron chi connectivity index (χ3n) is 3.46. The topological polar surface area (TPSA) is 58.2 Å². The van der Waals surface area contributed by atoms with Crippen LogP contribution in [0.4, 0.5) is 18.9 Å². The summed E-state index contributed by atoms with van der Waals surface area (Å²) in [5.41, 5.74) is 1.63. The van der Waals surface area contributed by atoms with Gasteiger partial charge in [-0.15, -0.1) is 0 Å². The molecule has 0 fully saturated rings. The maximum atomic E-state index is 12.3. The van der Waals surface area contributed by atoms with Crippen molar-refractivity contribution in [1.29, 1.82) is 0 Å². The highest BCUT2D eigenvalue weighted by Gasteiger charge is 2.38. The summed E-state index contributed by atoms with van der Waals surface area (Å²) in [4.78, 5) is 22.9. The maximum Gasteiger partial charge on any atom is 0.471 e. The number of benzene rings is 2. The smallest absolute Gasteiger partial charge is 0.352 e. The van der Waals surface area contributed by atoms with Crippen molar-refractivity contribution >= 4 is 33.4 Å². The van der Waals surface area contributed by atoms with E-state index in [9.17, 15) is 22.8 Å². The van der Waals surface area contributed by atoms with Crippen LogP contribution in [-0.2, 0) is 22.6 Å². The van der Waals surface area contributed by atoms with Crippen LogP contribution in [0.3, 0.4) is 0 Å². The Morgan fingerprint density at radius 3 is 2.38 bits per heavy atom. The van der Waals surface area contributed by atoms with E-state index in [-0.39, 0.29) is 18.1 Å². The van der Waals surface area contributed by atoms with E-state index in [4.69, 9.17) is 0 Å². The van der Waals surface area contributed by atoms with Crippen LogP contribution in [0.15, 0.2) is 53.0 Å². The molecule has 0 bridgehead atoms. The quantitative estimate of drug-likeness (QED) is 0.724. The van der Waals surface area contributed by atoms with Crippen molar-refractivity contribution in [3.05, 3.63) is 64.1 Å². The van der Waals surface area contributed by atoms with Gasteiger partial charge in [0.25, 0.3) is 0 Å². The number of halogens is 4. The molecule has 26 heavy (non-hydrogen) atoms. The molecule has 138 valence electrons. The van der Waals surface area contributed by atoms with E-state index in [2.05, 4.69) is 21.2 Å². The monoisotopic (exact) mass is 428 g/mol. The molecule has 0 aliphatic heterocycles. The summed E-state index contributed by atoms with van der Waals surface area (Å²) < 4.78 is 37.7. The molecule has 0 aromatic heterocycles. The number of carbonyl (C=O) groups is 2. The Morgan fingerprint density at radius 1 is 1.00 bits per heavy atom. The first-order valence-corrected chi connectivity index (χ1v) is 8.51. The summed E-state index contributed by atoms with van der Waals surface area (Å²) in [6.45, 7) is 0.160. The normalized spacial score (nSPS) is 11.1. The van der Waals surface area contributed by atoms with Gasteiger partial charge in [-0.2, -0.15) is 13.2 Å². The van der Waals surface area contributed by atoms with E-state index in [0.717, 1.165) is 10.0 Å². The second kappa shape index (κ2) is 8.84. The molecule has 0 unspecified atom stereocenters. The predicted molar refractivity (Wildman–Crippen MR) is 95.4 cm³/mol. The number of aryl methyl sites for hydroxylation is 1. The molecular formula is C18H16BrF3N2O2. The standard InChI is InChI=1S/C18H16BrF3N2O2/c19-14-5-1-3-12(9-14)7-8-16(25)23-11-13-4-2-6-15(10-13)24-17(26)18(20,21)22/h1-6,9-10H,7-8,11H2,(H,23,25)(H,24,26). The van der Waals surface area contributed by atoms with Crippen LogP contribution in [-0.4, -0.2) is 18.0 Å². The molecule has 2 aromatic rings. The van der Waals surface area contributed by atoms with Gasteiger partial charge in [-0.3, -0.25) is 9.59 Å². The molecule has 0 radical (unpaired) electrons. The molecule has 2 rings (SSSR count). The van der Waals surface area contributed by atoms with Gasteiger partial charge in [0, 0.05) is 23.1 Å². The second-order valence-corrected chi connectivity index (χ2v) is 6.47. The number of anilines is 1. The van der Waals surface area contributed by atoms with E-state index in [0.29, 0.717) is 18.4 Å². The number of alkyl halides is 3. The molecule has 0 spiro atoms. The van der Waals surface area contributed by atoms with Gasteiger partial charge in [-0.05, 0) is 41.8 Å². The van der Waals surface area contributed by atoms with Crippen LogP contribution in [0.1, 0.15) is 17.5 Å². The maximum absolute atomic E-state index is 12.3. The van der Waals surface area contributed by atoms with Crippen LogP contribution >= 0.6 is 15.9 Å². The van der Waals surface area contributed by atoms with E-state index in [1.807, 2.05) is 24.3 Å². The summed E-state index contributed by atoms with van der Waals surface area (Å²) >= 11 is 3.37. The van der Waals surface area contributed by atoms with E-state index < -0.39 is 12.1 Å². The lowest BCUT2D eigenvalue weighted by Gasteiger charge is -2.10. The second-order valence-electron chi connectivity index (χ2n) is 5.56. The van der Waals surface area contributed by atoms with Crippen LogP contribution in [0.5, 0.6) is 0 Å². The van der Waals surface area contributed by atoms with Gasteiger partial charge in [-0.1, -0.05) is 40.2 Å². The molecule has 2 N–H and O–H groups in total. The lowest BCUT2D eigenvalue weighted by atomic mass is 10.1. The average Bonchev–Trinajstić information content (AvgIpc) is 2.58. The van der Waals surface area contributed by atoms with Crippen molar-refractivity contribution in [1.82, 2.24) is 5.32 Å².